The summed E-state index contributed by atoms with van der Waals surface area (Å²) in [6, 6.07) is 15.1. The van der Waals surface area contributed by atoms with Crippen molar-refractivity contribution in [3.63, 3.8) is 0 Å². The molecule has 0 aliphatic rings. The van der Waals surface area contributed by atoms with Crippen LogP contribution in [0.4, 0.5) is 5.69 Å². The van der Waals surface area contributed by atoms with Crippen molar-refractivity contribution in [3.8, 4) is 5.75 Å². The van der Waals surface area contributed by atoms with E-state index in [-0.39, 0.29) is 5.91 Å². The highest BCUT2D eigenvalue weighted by atomic mass is 79.9. The van der Waals surface area contributed by atoms with Gasteiger partial charge in [-0.2, -0.15) is 0 Å². The molecule has 2 rings (SSSR count). The number of amides is 1. The van der Waals surface area contributed by atoms with Gasteiger partial charge in [-0.3, -0.25) is 10.1 Å². The fourth-order valence-electron chi connectivity index (χ4n) is 2.30. The quantitative estimate of drug-likeness (QED) is 0.682. The maximum absolute atomic E-state index is 12.7. The number of rotatable bonds is 6. The van der Waals surface area contributed by atoms with Gasteiger partial charge in [0.05, 0.1) is 12.2 Å². The van der Waals surface area contributed by atoms with E-state index in [0.717, 1.165) is 16.6 Å². The Labute approximate surface area is 162 Å². The van der Waals surface area contributed by atoms with E-state index >= 15 is 0 Å². The predicted octanol–water partition coefficient (Wildman–Crippen LogP) is 4.78. The second-order valence-electron chi connectivity index (χ2n) is 5.33. The third-order valence-electron chi connectivity index (χ3n) is 3.50. The molecular weight excluding hydrogens is 400 g/mol. The summed E-state index contributed by atoms with van der Waals surface area (Å²) in [5, 5.41) is 3.17. The molecule has 0 unspecified atom stereocenters. The van der Waals surface area contributed by atoms with Crippen molar-refractivity contribution in [2.45, 2.75) is 20.3 Å². The molecule has 0 spiro atoms. The lowest BCUT2D eigenvalue weighted by Crippen LogP contribution is -2.42. The zero-order valence-electron chi connectivity index (χ0n) is 14.3. The van der Waals surface area contributed by atoms with Crippen molar-refractivity contribution in [3.05, 3.63) is 58.6 Å². The largest absolute Gasteiger partial charge is 0.493 e. The van der Waals surface area contributed by atoms with E-state index in [0.29, 0.717) is 29.6 Å². The van der Waals surface area contributed by atoms with Gasteiger partial charge in [-0.15, -0.1) is 0 Å². The van der Waals surface area contributed by atoms with Crippen molar-refractivity contribution < 1.29 is 9.53 Å². The maximum Gasteiger partial charge on any atom is 0.261 e. The van der Waals surface area contributed by atoms with Crippen LogP contribution in [0.1, 0.15) is 30.6 Å². The third kappa shape index (κ3) is 5.28. The number of carbonyl (C=O) groups is 1. The Kier molecular flexibility index (Phi) is 7.40. The standard InChI is InChI=1S/C19H21BrN2O2S/c1-3-12-24-17-11-10-14(20)13-16(17)18(23)21-19(25)22(4-2)15-8-6-5-7-9-15/h5-11,13H,3-4,12H2,1-2H3,(H,21,23,25). The molecule has 2 aromatic carbocycles. The molecule has 0 aromatic heterocycles. The van der Waals surface area contributed by atoms with Crippen molar-refractivity contribution in [1.29, 1.82) is 0 Å². The van der Waals surface area contributed by atoms with Gasteiger partial charge in [0.2, 0.25) is 0 Å². The monoisotopic (exact) mass is 420 g/mol. The van der Waals surface area contributed by atoms with E-state index in [4.69, 9.17) is 17.0 Å². The second-order valence-corrected chi connectivity index (χ2v) is 6.63. The van der Waals surface area contributed by atoms with Gasteiger partial charge in [0.25, 0.3) is 5.91 Å². The lowest BCUT2D eigenvalue weighted by molar-refractivity contribution is 0.0973. The highest BCUT2D eigenvalue weighted by Gasteiger charge is 2.18. The molecule has 0 radical (unpaired) electrons. The first-order valence-corrected chi connectivity index (χ1v) is 9.37. The minimum atomic E-state index is -0.285. The van der Waals surface area contributed by atoms with Gasteiger partial charge in [0.15, 0.2) is 5.11 Å². The summed E-state index contributed by atoms with van der Waals surface area (Å²) in [4.78, 5) is 14.6. The molecule has 0 fully saturated rings. The number of nitrogens with one attached hydrogen (secondary N) is 1. The fourth-order valence-corrected chi connectivity index (χ4v) is 2.99. The first kappa shape index (κ1) is 19.4. The van der Waals surface area contributed by atoms with Gasteiger partial charge in [0.1, 0.15) is 5.75 Å². The minimum Gasteiger partial charge on any atom is -0.493 e. The summed E-state index contributed by atoms with van der Waals surface area (Å²) >= 11 is 8.84. The SMILES string of the molecule is CCCOc1ccc(Br)cc1C(=O)NC(=S)N(CC)c1ccccc1. The number of hydrogen-bond acceptors (Lipinski definition) is 3. The van der Waals surface area contributed by atoms with Crippen LogP contribution in [0.25, 0.3) is 0 Å². The summed E-state index contributed by atoms with van der Waals surface area (Å²) in [6.45, 7) is 5.21. The average Bonchev–Trinajstić information content (AvgIpc) is 2.62. The second kappa shape index (κ2) is 9.53. The van der Waals surface area contributed by atoms with Gasteiger partial charge in [-0.05, 0) is 55.9 Å². The molecule has 0 aliphatic heterocycles. The zero-order chi connectivity index (χ0) is 18.2. The Morgan fingerprint density at radius 1 is 1.20 bits per heavy atom. The van der Waals surface area contributed by atoms with Crippen LogP contribution in [0.3, 0.4) is 0 Å². The van der Waals surface area contributed by atoms with Crippen LogP contribution in [0.2, 0.25) is 0 Å². The van der Waals surface area contributed by atoms with Crippen LogP contribution in [0, 0.1) is 0 Å². The zero-order valence-corrected chi connectivity index (χ0v) is 16.7. The summed E-state index contributed by atoms with van der Waals surface area (Å²) < 4.78 is 6.49. The van der Waals surface area contributed by atoms with Gasteiger partial charge in [-0.25, -0.2) is 0 Å². The molecule has 0 aliphatic carbocycles. The van der Waals surface area contributed by atoms with Gasteiger partial charge < -0.3 is 9.64 Å². The van der Waals surface area contributed by atoms with E-state index in [1.165, 1.54) is 0 Å². The molecular formula is C19H21BrN2O2S. The molecule has 0 heterocycles. The first-order valence-electron chi connectivity index (χ1n) is 8.17. The molecule has 4 nitrogen and oxygen atoms in total. The molecule has 0 atom stereocenters. The van der Waals surface area contributed by atoms with Crippen LogP contribution >= 0.6 is 28.1 Å². The highest BCUT2D eigenvalue weighted by molar-refractivity contribution is 9.10. The lowest BCUT2D eigenvalue weighted by atomic mass is 10.2. The molecule has 0 bridgehead atoms. The smallest absolute Gasteiger partial charge is 0.261 e. The molecule has 1 N–H and O–H groups in total. The van der Waals surface area contributed by atoms with E-state index in [1.54, 1.807) is 12.1 Å². The van der Waals surface area contributed by atoms with E-state index in [2.05, 4.69) is 21.2 Å². The van der Waals surface area contributed by atoms with Gasteiger partial charge in [0, 0.05) is 16.7 Å². The van der Waals surface area contributed by atoms with Crippen LogP contribution in [0.5, 0.6) is 5.75 Å². The predicted molar refractivity (Wildman–Crippen MR) is 109 cm³/mol. The number of halogens is 1. The Morgan fingerprint density at radius 2 is 1.92 bits per heavy atom. The number of hydrogen-bond donors (Lipinski definition) is 1. The molecule has 1 amide bonds. The number of ether oxygens (including phenoxy) is 1. The van der Waals surface area contributed by atoms with E-state index < -0.39 is 0 Å². The van der Waals surface area contributed by atoms with Crippen molar-refractivity contribution in [1.82, 2.24) is 5.32 Å². The number of thiocarbonyl (C=S) groups is 1. The molecule has 6 heteroatoms. The molecule has 132 valence electrons. The minimum absolute atomic E-state index is 0.285. The summed E-state index contributed by atoms with van der Waals surface area (Å²) in [6.07, 6.45) is 0.868. The fraction of sp³-hybridized carbons (Fsp3) is 0.263. The maximum atomic E-state index is 12.7. The third-order valence-corrected chi connectivity index (χ3v) is 4.31. The first-order chi connectivity index (χ1) is 12.1. The van der Waals surface area contributed by atoms with E-state index in [1.807, 2.05) is 55.1 Å². The normalized spacial score (nSPS) is 10.2. The highest BCUT2D eigenvalue weighted by Crippen LogP contribution is 2.24. The molecule has 2 aromatic rings. The average molecular weight is 421 g/mol. The number of nitrogens with zero attached hydrogens (tertiary/aromatic N) is 1. The van der Waals surface area contributed by atoms with Crippen LogP contribution in [-0.4, -0.2) is 24.2 Å². The summed E-state index contributed by atoms with van der Waals surface area (Å²) in [5.74, 6) is 0.264. The number of carbonyl (C=O) groups excluding carboxylic acids is 1. The van der Waals surface area contributed by atoms with Gasteiger partial charge >= 0.3 is 0 Å². The lowest BCUT2D eigenvalue weighted by Gasteiger charge is -2.24. The number of benzene rings is 2. The van der Waals surface area contributed by atoms with Crippen molar-refractivity contribution in [2.75, 3.05) is 18.1 Å². The van der Waals surface area contributed by atoms with Gasteiger partial charge in [-0.1, -0.05) is 41.1 Å². The van der Waals surface area contributed by atoms with Crippen LogP contribution in [-0.2, 0) is 0 Å². The number of para-hydroxylation sites is 1. The van der Waals surface area contributed by atoms with E-state index in [9.17, 15) is 4.79 Å². The Morgan fingerprint density at radius 3 is 2.56 bits per heavy atom. The van der Waals surface area contributed by atoms with Crippen LogP contribution in [0.15, 0.2) is 53.0 Å². The topological polar surface area (TPSA) is 41.6 Å². The van der Waals surface area contributed by atoms with Crippen molar-refractivity contribution in [2.24, 2.45) is 0 Å². The van der Waals surface area contributed by atoms with Crippen molar-refractivity contribution >= 4 is 44.9 Å². The molecule has 25 heavy (non-hydrogen) atoms. The Balaban J connectivity index is 2.18. The van der Waals surface area contributed by atoms with Crippen LogP contribution < -0.4 is 15.0 Å². The number of anilines is 1. The summed E-state index contributed by atoms with van der Waals surface area (Å²) in [5.41, 5.74) is 1.39. The molecule has 0 saturated heterocycles. The Bertz CT molecular complexity index is 737. The summed E-state index contributed by atoms with van der Waals surface area (Å²) in [7, 11) is 0. The molecule has 0 saturated carbocycles. The Hall–Kier alpha value is -1.92.